The predicted octanol–water partition coefficient (Wildman–Crippen LogP) is 3.76. The molecule has 21 heavy (non-hydrogen) atoms. The third-order valence-electron chi connectivity index (χ3n) is 3.16. The Morgan fingerprint density at radius 1 is 1.43 bits per heavy atom. The summed E-state index contributed by atoms with van der Waals surface area (Å²) >= 11 is 3.53. The fraction of sp³-hybridized carbons (Fsp3) is 0.333. The van der Waals surface area contributed by atoms with Gasteiger partial charge in [-0.1, -0.05) is 6.92 Å². The van der Waals surface area contributed by atoms with Crippen molar-refractivity contribution in [2.45, 2.75) is 33.4 Å². The maximum Gasteiger partial charge on any atom is 0.153 e. The summed E-state index contributed by atoms with van der Waals surface area (Å²) < 4.78 is 21.5. The molecule has 112 valence electrons. The molecule has 0 aliphatic rings. The Hall–Kier alpha value is -1.69. The van der Waals surface area contributed by atoms with Crippen molar-refractivity contribution < 1.29 is 13.9 Å². The topological polar surface area (TPSA) is 44.1 Å². The van der Waals surface area contributed by atoms with Crippen LogP contribution in [0.2, 0.25) is 0 Å². The smallest absolute Gasteiger partial charge is 0.153 e. The van der Waals surface area contributed by atoms with Crippen LogP contribution in [0.25, 0.3) is 0 Å². The van der Waals surface area contributed by atoms with Gasteiger partial charge in [-0.2, -0.15) is 5.10 Å². The van der Waals surface area contributed by atoms with Crippen molar-refractivity contribution >= 4 is 22.2 Å². The number of aryl methyl sites for hydroxylation is 2. The van der Waals surface area contributed by atoms with Gasteiger partial charge < -0.3 is 4.74 Å². The Morgan fingerprint density at radius 3 is 2.81 bits per heavy atom. The minimum absolute atomic E-state index is 0.199. The summed E-state index contributed by atoms with van der Waals surface area (Å²) in [6.07, 6.45) is 1.40. The maximum atomic E-state index is 13.1. The van der Waals surface area contributed by atoms with E-state index in [0.717, 1.165) is 34.9 Å². The summed E-state index contributed by atoms with van der Waals surface area (Å²) in [4.78, 5) is 11.0. The summed E-state index contributed by atoms with van der Waals surface area (Å²) in [7, 11) is 0. The first-order valence-electron chi connectivity index (χ1n) is 6.72. The first kappa shape index (κ1) is 15.7. The van der Waals surface area contributed by atoms with E-state index in [1.54, 1.807) is 0 Å². The van der Waals surface area contributed by atoms with Gasteiger partial charge in [0.15, 0.2) is 6.29 Å². The lowest BCUT2D eigenvalue weighted by molar-refractivity contribution is 0.111. The lowest BCUT2D eigenvalue weighted by Gasteiger charge is -2.10. The summed E-state index contributed by atoms with van der Waals surface area (Å²) in [6.45, 7) is 5.01. The summed E-state index contributed by atoms with van der Waals surface area (Å²) in [5.41, 5.74) is 2.06. The average Bonchev–Trinajstić information content (AvgIpc) is 2.81. The van der Waals surface area contributed by atoms with E-state index < -0.39 is 5.82 Å². The van der Waals surface area contributed by atoms with E-state index in [2.05, 4.69) is 21.0 Å². The van der Waals surface area contributed by atoms with Crippen molar-refractivity contribution in [2.75, 3.05) is 0 Å². The highest BCUT2D eigenvalue weighted by atomic mass is 79.9. The highest BCUT2D eigenvalue weighted by Crippen LogP contribution is 2.25. The normalized spacial score (nSPS) is 10.7. The Balaban J connectivity index is 2.24. The molecule has 0 atom stereocenters. The second kappa shape index (κ2) is 6.85. The number of hydrogen-bond donors (Lipinski definition) is 0. The molecule has 1 aromatic carbocycles. The van der Waals surface area contributed by atoms with Crippen molar-refractivity contribution in [1.82, 2.24) is 9.78 Å². The van der Waals surface area contributed by atoms with Crippen LogP contribution < -0.4 is 4.74 Å². The first-order chi connectivity index (χ1) is 10.1. The van der Waals surface area contributed by atoms with Gasteiger partial charge in [-0.25, -0.2) is 4.39 Å². The Morgan fingerprint density at radius 2 is 2.19 bits per heavy atom. The highest BCUT2D eigenvalue weighted by molar-refractivity contribution is 9.10. The van der Waals surface area contributed by atoms with Crippen molar-refractivity contribution in [3.8, 4) is 5.75 Å². The standard InChI is InChI=1S/C15H16BrFN2O2/c1-3-12-15(16)13(19(4-2)18-12)9-21-14-6-5-11(17)7-10(14)8-20/h5-8H,3-4,9H2,1-2H3. The third-order valence-corrected chi connectivity index (χ3v) is 4.07. The number of rotatable bonds is 6. The highest BCUT2D eigenvalue weighted by Gasteiger charge is 2.15. The van der Waals surface area contributed by atoms with E-state index in [-0.39, 0.29) is 12.2 Å². The molecule has 1 heterocycles. The molecule has 0 bridgehead atoms. The number of hydrogen-bond acceptors (Lipinski definition) is 3. The number of carbonyl (C=O) groups is 1. The van der Waals surface area contributed by atoms with E-state index >= 15 is 0 Å². The molecule has 0 aliphatic carbocycles. The lowest BCUT2D eigenvalue weighted by atomic mass is 10.2. The molecule has 0 spiro atoms. The Kier molecular flexibility index (Phi) is 5.12. The summed E-state index contributed by atoms with van der Waals surface area (Å²) in [6, 6.07) is 3.89. The molecule has 2 aromatic rings. The minimum Gasteiger partial charge on any atom is -0.487 e. The lowest BCUT2D eigenvalue weighted by Crippen LogP contribution is -2.07. The van der Waals surface area contributed by atoms with Gasteiger partial charge in [-0.3, -0.25) is 9.48 Å². The van der Waals surface area contributed by atoms with Crippen LogP contribution in [0.3, 0.4) is 0 Å². The molecular formula is C15H16BrFN2O2. The fourth-order valence-electron chi connectivity index (χ4n) is 2.04. The number of ether oxygens (including phenoxy) is 1. The molecule has 0 radical (unpaired) electrons. The molecule has 0 saturated heterocycles. The minimum atomic E-state index is -0.461. The molecule has 0 aliphatic heterocycles. The summed E-state index contributed by atoms with van der Waals surface area (Å²) in [5, 5.41) is 4.48. The van der Waals surface area contributed by atoms with Crippen LogP contribution in [0, 0.1) is 5.82 Å². The van der Waals surface area contributed by atoms with Crippen LogP contribution in [0.1, 0.15) is 35.6 Å². The quantitative estimate of drug-likeness (QED) is 0.742. The Bertz CT molecular complexity index is 655. The van der Waals surface area contributed by atoms with E-state index in [1.165, 1.54) is 12.1 Å². The number of benzene rings is 1. The second-order valence-electron chi connectivity index (χ2n) is 4.47. The van der Waals surface area contributed by atoms with Crippen LogP contribution in [-0.2, 0) is 19.6 Å². The molecule has 2 rings (SSSR count). The van der Waals surface area contributed by atoms with E-state index in [1.807, 2.05) is 18.5 Å². The van der Waals surface area contributed by atoms with Crippen LogP contribution in [0.15, 0.2) is 22.7 Å². The molecule has 0 fully saturated rings. The number of carbonyl (C=O) groups excluding carboxylic acids is 1. The van der Waals surface area contributed by atoms with Gasteiger partial charge in [0.25, 0.3) is 0 Å². The van der Waals surface area contributed by atoms with Crippen LogP contribution in [0.5, 0.6) is 5.75 Å². The van der Waals surface area contributed by atoms with Gasteiger partial charge in [-0.05, 0) is 47.5 Å². The van der Waals surface area contributed by atoms with Crippen molar-refractivity contribution in [3.05, 3.63) is 45.4 Å². The zero-order valence-corrected chi connectivity index (χ0v) is 13.5. The number of nitrogens with zero attached hydrogens (tertiary/aromatic N) is 2. The molecule has 0 N–H and O–H groups in total. The maximum absolute atomic E-state index is 13.1. The van der Waals surface area contributed by atoms with Gasteiger partial charge in [-0.15, -0.1) is 0 Å². The first-order valence-corrected chi connectivity index (χ1v) is 7.51. The average molecular weight is 355 g/mol. The van der Waals surface area contributed by atoms with Crippen molar-refractivity contribution in [3.63, 3.8) is 0 Å². The van der Waals surface area contributed by atoms with E-state index in [9.17, 15) is 9.18 Å². The molecule has 0 unspecified atom stereocenters. The zero-order chi connectivity index (χ0) is 15.4. The van der Waals surface area contributed by atoms with Gasteiger partial charge in [0.2, 0.25) is 0 Å². The number of aldehydes is 1. The molecule has 0 saturated carbocycles. The van der Waals surface area contributed by atoms with E-state index in [4.69, 9.17) is 4.74 Å². The number of halogens is 2. The summed E-state index contributed by atoms with van der Waals surface area (Å²) in [5.74, 6) is -0.0994. The Labute approximate surface area is 131 Å². The van der Waals surface area contributed by atoms with Crippen molar-refractivity contribution in [2.24, 2.45) is 0 Å². The van der Waals surface area contributed by atoms with Gasteiger partial charge in [0.05, 0.1) is 21.4 Å². The molecular weight excluding hydrogens is 339 g/mol. The predicted molar refractivity (Wildman–Crippen MR) is 81.1 cm³/mol. The largest absolute Gasteiger partial charge is 0.487 e. The van der Waals surface area contributed by atoms with Gasteiger partial charge >= 0.3 is 0 Å². The fourth-order valence-corrected chi connectivity index (χ4v) is 2.72. The molecule has 1 aromatic heterocycles. The van der Waals surface area contributed by atoms with Gasteiger partial charge in [0.1, 0.15) is 18.2 Å². The third kappa shape index (κ3) is 3.32. The SMILES string of the molecule is CCc1nn(CC)c(COc2ccc(F)cc2C=O)c1Br. The van der Waals surface area contributed by atoms with Crippen LogP contribution in [0.4, 0.5) is 4.39 Å². The van der Waals surface area contributed by atoms with E-state index in [0.29, 0.717) is 12.0 Å². The second-order valence-corrected chi connectivity index (χ2v) is 5.26. The molecule has 6 heteroatoms. The van der Waals surface area contributed by atoms with Gasteiger partial charge in [0, 0.05) is 6.54 Å². The van der Waals surface area contributed by atoms with Crippen molar-refractivity contribution in [1.29, 1.82) is 0 Å². The number of aromatic nitrogens is 2. The van der Waals surface area contributed by atoms with Crippen LogP contribution in [-0.4, -0.2) is 16.1 Å². The zero-order valence-electron chi connectivity index (χ0n) is 11.9. The molecule has 4 nitrogen and oxygen atoms in total. The molecule has 0 amide bonds. The van der Waals surface area contributed by atoms with Crippen LogP contribution >= 0.6 is 15.9 Å². The monoisotopic (exact) mass is 354 g/mol.